The van der Waals surface area contributed by atoms with Crippen LogP contribution < -0.4 is 16.0 Å². The molecule has 3 amide bonds. The van der Waals surface area contributed by atoms with Gasteiger partial charge < -0.3 is 20.9 Å². The third kappa shape index (κ3) is 3.56. The van der Waals surface area contributed by atoms with Gasteiger partial charge in [0.05, 0.1) is 0 Å². The number of hydrogen-bond donors (Lipinski definition) is 4. The highest BCUT2D eigenvalue weighted by Gasteiger charge is 2.59. The number of aromatic nitrogens is 2. The van der Waals surface area contributed by atoms with E-state index in [1.54, 1.807) is 0 Å². The summed E-state index contributed by atoms with van der Waals surface area (Å²) in [7, 11) is 0. The third-order valence-corrected chi connectivity index (χ3v) is 4.76. The summed E-state index contributed by atoms with van der Waals surface area (Å²) in [6.07, 6.45) is -0.833. The molecule has 2 aliphatic rings. The van der Waals surface area contributed by atoms with Crippen molar-refractivity contribution in [2.75, 3.05) is 5.32 Å². The number of imidazole rings is 1. The van der Waals surface area contributed by atoms with E-state index in [-0.39, 0.29) is 29.5 Å². The Balaban J connectivity index is 1.70. The summed E-state index contributed by atoms with van der Waals surface area (Å²) in [4.78, 5) is 30.3. The highest BCUT2D eigenvalue weighted by atomic mass is 19.4. The lowest BCUT2D eigenvalue weighted by Crippen LogP contribution is -2.59. The van der Waals surface area contributed by atoms with E-state index in [1.807, 2.05) is 5.32 Å². The van der Waals surface area contributed by atoms with E-state index in [4.69, 9.17) is 0 Å². The number of nitrogens with one attached hydrogen (secondary N) is 4. The Morgan fingerprint density at radius 1 is 1.33 bits per heavy atom. The van der Waals surface area contributed by atoms with Crippen molar-refractivity contribution in [1.29, 1.82) is 0 Å². The third-order valence-electron chi connectivity index (χ3n) is 4.76. The number of nitrogens with zero attached hydrogens (tertiary/aromatic N) is 1. The number of rotatable bonds is 3. The van der Waals surface area contributed by atoms with Crippen LogP contribution in [0, 0.1) is 23.6 Å². The van der Waals surface area contributed by atoms with Crippen molar-refractivity contribution in [1.82, 2.24) is 20.6 Å². The van der Waals surface area contributed by atoms with Crippen LogP contribution in [0.5, 0.6) is 0 Å². The number of aromatic amines is 1. The Morgan fingerprint density at radius 2 is 2.10 bits per heavy atom. The number of carbonyl (C=O) groups excluding carboxylic acids is 2. The van der Waals surface area contributed by atoms with E-state index < -0.39 is 35.0 Å². The molecule has 1 aromatic carbocycles. The molecule has 11 heteroatoms. The number of fused-ring (bicyclic) bond motifs is 1. The van der Waals surface area contributed by atoms with Gasteiger partial charge in [0.25, 0.3) is 5.91 Å². The van der Waals surface area contributed by atoms with Gasteiger partial charge in [-0.15, -0.1) is 0 Å². The van der Waals surface area contributed by atoms with Crippen LogP contribution in [0.15, 0.2) is 24.5 Å². The van der Waals surface area contributed by atoms with Gasteiger partial charge in [0.2, 0.25) is 5.54 Å². The second kappa shape index (κ2) is 7.05. The van der Waals surface area contributed by atoms with Crippen LogP contribution >= 0.6 is 0 Å². The molecule has 0 radical (unpaired) electrons. The molecule has 2 aromatic rings. The Kier molecular flexibility index (Phi) is 4.64. The second-order valence-corrected chi connectivity index (χ2v) is 6.98. The van der Waals surface area contributed by atoms with Crippen molar-refractivity contribution in [3.8, 4) is 11.8 Å². The molecule has 7 nitrogen and oxygen atoms in total. The van der Waals surface area contributed by atoms with Crippen LogP contribution in [0.1, 0.15) is 34.6 Å². The molecule has 4 N–H and O–H groups in total. The van der Waals surface area contributed by atoms with Gasteiger partial charge in [-0.25, -0.2) is 14.2 Å². The van der Waals surface area contributed by atoms with Gasteiger partial charge in [0.1, 0.15) is 5.82 Å². The monoisotopic (exact) mass is 421 g/mol. The molecule has 4 rings (SSSR count). The lowest BCUT2D eigenvalue weighted by atomic mass is 9.85. The molecular formula is C19H15F4N5O2. The standard InChI is InChI=1S/C19H15F4N5O2/c20-13-8-12-14(7-11(13)9-26-16(29)15-24-5-6-25-15)27-17(30)28-18(12,19(21,22)23)4-3-10-1-2-10/h5-8,10H,1-2,9H2,(H,24,25)(H,26,29)(H2,27,28,30). The molecule has 0 saturated heterocycles. The number of H-pyrrole nitrogens is 1. The lowest BCUT2D eigenvalue weighted by molar-refractivity contribution is -0.178. The molecule has 1 unspecified atom stereocenters. The van der Waals surface area contributed by atoms with E-state index in [0.717, 1.165) is 6.07 Å². The molecule has 1 atom stereocenters. The van der Waals surface area contributed by atoms with Crippen molar-refractivity contribution >= 4 is 17.6 Å². The predicted molar refractivity (Wildman–Crippen MR) is 96.5 cm³/mol. The van der Waals surface area contributed by atoms with Crippen LogP contribution in [0.4, 0.5) is 28.0 Å². The van der Waals surface area contributed by atoms with Gasteiger partial charge in [-0.3, -0.25) is 4.79 Å². The van der Waals surface area contributed by atoms with E-state index in [9.17, 15) is 27.2 Å². The number of carbonyl (C=O) groups is 2. The minimum absolute atomic E-state index is 0.00249. The first kappa shape index (κ1) is 19.8. The van der Waals surface area contributed by atoms with E-state index in [1.165, 1.54) is 12.4 Å². The smallest absolute Gasteiger partial charge is 0.345 e. The first-order valence-corrected chi connectivity index (χ1v) is 8.98. The summed E-state index contributed by atoms with van der Waals surface area (Å²) in [6.45, 7) is -0.325. The fourth-order valence-corrected chi connectivity index (χ4v) is 3.04. The average molecular weight is 421 g/mol. The Labute approximate surface area is 167 Å². The van der Waals surface area contributed by atoms with Gasteiger partial charge in [-0.1, -0.05) is 11.8 Å². The zero-order chi connectivity index (χ0) is 21.5. The lowest BCUT2D eigenvalue weighted by Gasteiger charge is -2.37. The van der Waals surface area contributed by atoms with Gasteiger partial charge in [-0.2, -0.15) is 13.2 Å². The number of benzene rings is 1. The maximum atomic E-state index is 14.7. The highest BCUT2D eigenvalue weighted by Crippen LogP contribution is 2.45. The zero-order valence-electron chi connectivity index (χ0n) is 15.3. The number of halogens is 4. The van der Waals surface area contributed by atoms with E-state index >= 15 is 0 Å². The highest BCUT2D eigenvalue weighted by molar-refractivity contribution is 5.95. The van der Waals surface area contributed by atoms with Crippen LogP contribution in [-0.4, -0.2) is 28.1 Å². The fraction of sp³-hybridized carbons (Fsp3) is 0.316. The summed E-state index contributed by atoms with van der Waals surface area (Å²) in [5.41, 5.74) is -3.91. The van der Waals surface area contributed by atoms with E-state index in [0.29, 0.717) is 18.9 Å². The molecule has 1 saturated carbocycles. The number of alkyl halides is 3. The summed E-state index contributed by atoms with van der Waals surface area (Å²) >= 11 is 0. The summed E-state index contributed by atoms with van der Waals surface area (Å²) < 4.78 is 56.8. The Bertz CT molecular complexity index is 1070. The number of urea groups is 1. The Morgan fingerprint density at radius 3 is 2.73 bits per heavy atom. The summed E-state index contributed by atoms with van der Waals surface area (Å²) in [6, 6.07) is 0.637. The first-order chi connectivity index (χ1) is 14.2. The van der Waals surface area contributed by atoms with E-state index in [2.05, 4.69) is 32.4 Å². The van der Waals surface area contributed by atoms with Crippen LogP contribution in [0.2, 0.25) is 0 Å². The van der Waals surface area contributed by atoms with Crippen molar-refractivity contribution in [2.45, 2.75) is 31.1 Å². The minimum atomic E-state index is -4.98. The predicted octanol–water partition coefficient (Wildman–Crippen LogP) is 2.78. The Hall–Kier alpha value is -3.55. The quantitative estimate of drug-likeness (QED) is 0.453. The van der Waals surface area contributed by atoms with Crippen LogP contribution in [-0.2, 0) is 12.1 Å². The summed E-state index contributed by atoms with van der Waals surface area (Å²) in [5.74, 6) is 2.90. The largest absolute Gasteiger partial charge is 0.427 e. The van der Waals surface area contributed by atoms with Crippen molar-refractivity contribution in [3.05, 3.63) is 47.3 Å². The molecule has 1 fully saturated rings. The molecule has 0 spiro atoms. The molecule has 156 valence electrons. The minimum Gasteiger partial charge on any atom is -0.345 e. The SMILES string of the molecule is O=C1Nc2cc(CNC(=O)c3ncc[nH]3)c(F)cc2C(C#CC2CC2)(C(F)(F)F)N1. The number of anilines is 1. The summed E-state index contributed by atoms with van der Waals surface area (Å²) in [5, 5.41) is 6.49. The van der Waals surface area contributed by atoms with Gasteiger partial charge >= 0.3 is 12.2 Å². The molecule has 1 aliphatic heterocycles. The van der Waals surface area contributed by atoms with Crippen LogP contribution in [0.3, 0.4) is 0 Å². The maximum absolute atomic E-state index is 14.7. The van der Waals surface area contributed by atoms with Crippen molar-refractivity contribution < 1.29 is 27.2 Å². The molecule has 1 aliphatic carbocycles. The normalized spacial score (nSPS) is 20.3. The molecule has 1 aromatic heterocycles. The second-order valence-electron chi connectivity index (χ2n) is 6.98. The van der Waals surface area contributed by atoms with Crippen LogP contribution in [0.25, 0.3) is 0 Å². The van der Waals surface area contributed by atoms with Crippen molar-refractivity contribution in [2.24, 2.45) is 5.92 Å². The average Bonchev–Trinajstić information content (AvgIpc) is 3.34. The molecular weight excluding hydrogens is 406 g/mol. The number of hydrogen-bond acceptors (Lipinski definition) is 3. The molecule has 2 heterocycles. The first-order valence-electron chi connectivity index (χ1n) is 8.98. The zero-order valence-corrected chi connectivity index (χ0v) is 15.3. The number of amides is 3. The van der Waals surface area contributed by atoms with Gasteiger partial charge in [0, 0.05) is 41.7 Å². The van der Waals surface area contributed by atoms with Gasteiger partial charge in [0.15, 0.2) is 5.82 Å². The molecule has 0 bridgehead atoms. The fourth-order valence-electron chi connectivity index (χ4n) is 3.04. The molecule has 30 heavy (non-hydrogen) atoms. The maximum Gasteiger partial charge on any atom is 0.427 e. The topological polar surface area (TPSA) is 98.9 Å². The van der Waals surface area contributed by atoms with Crippen molar-refractivity contribution in [3.63, 3.8) is 0 Å². The van der Waals surface area contributed by atoms with Gasteiger partial charge in [-0.05, 0) is 25.0 Å².